The van der Waals surface area contributed by atoms with Gasteiger partial charge >= 0.3 is 0 Å². The Labute approximate surface area is 170 Å². The summed E-state index contributed by atoms with van der Waals surface area (Å²) in [6.45, 7) is 1.68. The largest absolute Gasteiger partial charge is 0.332 e. The first-order chi connectivity index (χ1) is 14.5. The molecule has 0 bridgehead atoms. The molecule has 4 aromatic rings. The topological polar surface area (TPSA) is 90.0 Å². The number of aromatic nitrogens is 3. The highest BCUT2D eigenvalue weighted by atomic mass is 19.1. The first kappa shape index (κ1) is 19.3. The van der Waals surface area contributed by atoms with E-state index in [4.69, 9.17) is 4.52 Å². The lowest BCUT2D eigenvalue weighted by molar-refractivity contribution is -0.116. The van der Waals surface area contributed by atoms with E-state index in [2.05, 4.69) is 15.5 Å². The molecule has 0 saturated heterocycles. The van der Waals surface area contributed by atoms with Crippen molar-refractivity contribution in [3.05, 3.63) is 88.5 Å². The highest BCUT2D eigenvalue weighted by molar-refractivity contribution is 5.90. The summed E-state index contributed by atoms with van der Waals surface area (Å²) in [6.07, 6.45) is 0. The van der Waals surface area contributed by atoms with Gasteiger partial charge in [0.1, 0.15) is 18.1 Å². The van der Waals surface area contributed by atoms with E-state index in [-0.39, 0.29) is 29.9 Å². The zero-order valence-electron chi connectivity index (χ0n) is 16.0. The van der Waals surface area contributed by atoms with Crippen molar-refractivity contribution in [1.82, 2.24) is 14.7 Å². The molecule has 0 atom stereocenters. The molecule has 30 heavy (non-hydrogen) atoms. The number of benzene rings is 2. The van der Waals surface area contributed by atoms with Crippen LogP contribution in [0.15, 0.2) is 76.0 Å². The van der Waals surface area contributed by atoms with E-state index in [1.165, 1.54) is 28.8 Å². The summed E-state index contributed by atoms with van der Waals surface area (Å²) in [7, 11) is 0. The third-order valence-electron chi connectivity index (χ3n) is 4.38. The van der Waals surface area contributed by atoms with Gasteiger partial charge in [-0.3, -0.25) is 14.2 Å². The zero-order valence-corrected chi connectivity index (χ0v) is 16.0. The molecule has 8 heteroatoms. The van der Waals surface area contributed by atoms with Crippen LogP contribution in [0.4, 0.5) is 10.1 Å². The van der Waals surface area contributed by atoms with Gasteiger partial charge in [0, 0.05) is 17.3 Å². The molecule has 4 rings (SSSR count). The Bertz CT molecular complexity index is 1280. The minimum atomic E-state index is -0.428. The second-order valence-corrected chi connectivity index (χ2v) is 6.69. The second-order valence-electron chi connectivity index (χ2n) is 6.69. The van der Waals surface area contributed by atoms with Crippen LogP contribution in [-0.2, 0) is 11.3 Å². The summed E-state index contributed by atoms with van der Waals surface area (Å²) >= 11 is 0. The summed E-state index contributed by atoms with van der Waals surface area (Å²) in [5.41, 5.74) is 1.97. The summed E-state index contributed by atoms with van der Waals surface area (Å²) < 4.78 is 20.0. The number of hydrogen-bond donors (Lipinski definition) is 1. The maximum absolute atomic E-state index is 13.5. The first-order valence-corrected chi connectivity index (χ1v) is 9.16. The number of halogens is 1. The van der Waals surface area contributed by atoms with Gasteiger partial charge in [-0.1, -0.05) is 35.5 Å². The highest BCUT2D eigenvalue weighted by Crippen LogP contribution is 2.22. The summed E-state index contributed by atoms with van der Waals surface area (Å²) in [6, 6.07) is 17.6. The smallest absolute Gasteiger partial charge is 0.274 e. The Morgan fingerprint density at radius 1 is 1.10 bits per heavy atom. The molecule has 2 aromatic carbocycles. The number of pyridine rings is 1. The predicted octanol–water partition coefficient (Wildman–Crippen LogP) is 3.65. The maximum Gasteiger partial charge on any atom is 0.274 e. The minimum Gasteiger partial charge on any atom is -0.332 e. The van der Waals surface area contributed by atoms with E-state index < -0.39 is 11.4 Å². The molecule has 7 nitrogen and oxygen atoms in total. The van der Waals surface area contributed by atoms with Gasteiger partial charge in [-0.2, -0.15) is 4.98 Å². The number of amides is 1. The molecular formula is C22H17FN4O3. The maximum atomic E-state index is 13.5. The standard InChI is InChI=1S/C22H17FN4O3/c1-14-5-2-8-17(11-14)24-19(28)13-27-18(9-4-10-20(27)29)22-25-21(26-30-22)15-6-3-7-16(23)12-15/h2-12H,13H2,1H3,(H,24,28). The van der Waals surface area contributed by atoms with E-state index in [9.17, 15) is 14.0 Å². The molecule has 0 fully saturated rings. The van der Waals surface area contributed by atoms with Gasteiger partial charge in [-0.15, -0.1) is 0 Å². The SMILES string of the molecule is Cc1cccc(NC(=O)Cn2c(-c3nc(-c4cccc(F)c4)no3)cccc2=O)c1. The van der Waals surface area contributed by atoms with Crippen LogP contribution in [-0.4, -0.2) is 20.6 Å². The van der Waals surface area contributed by atoms with Crippen molar-refractivity contribution >= 4 is 11.6 Å². The third kappa shape index (κ3) is 4.17. The van der Waals surface area contributed by atoms with Crippen LogP contribution in [0.2, 0.25) is 0 Å². The van der Waals surface area contributed by atoms with E-state index >= 15 is 0 Å². The van der Waals surface area contributed by atoms with Crippen LogP contribution in [0.25, 0.3) is 23.0 Å². The van der Waals surface area contributed by atoms with E-state index in [1.54, 1.807) is 24.3 Å². The van der Waals surface area contributed by atoms with Gasteiger partial charge in [0.2, 0.25) is 11.7 Å². The number of carbonyl (C=O) groups excluding carboxylic acids is 1. The van der Waals surface area contributed by atoms with Crippen molar-refractivity contribution in [2.24, 2.45) is 0 Å². The second kappa shape index (κ2) is 8.12. The highest BCUT2D eigenvalue weighted by Gasteiger charge is 2.17. The molecule has 0 radical (unpaired) electrons. The predicted molar refractivity (Wildman–Crippen MR) is 109 cm³/mol. The number of hydrogen-bond acceptors (Lipinski definition) is 5. The molecule has 0 aliphatic carbocycles. The number of nitrogens with zero attached hydrogens (tertiary/aromatic N) is 3. The van der Waals surface area contributed by atoms with Gasteiger partial charge in [0.25, 0.3) is 11.4 Å². The molecule has 0 unspecified atom stereocenters. The Balaban J connectivity index is 1.62. The average Bonchev–Trinajstić information content (AvgIpc) is 3.19. The molecule has 2 heterocycles. The Morgan fingerprint density at radius 3 is 2.70 bits per heavy atom. The van der Waals surface area contributed by atoms with Gasteiger partial charge in [0.05, 0.1) is 0 Å². The van der Waals surface area contributed by atoms with Gasteiger partial charge in [0.15, 0.2) is 0 Å². The summed E-state index contributed by atoms with van der Waals surface area (Å²) in [5, 5.41) is 6.63. The van der Waals surface area contributed by atoms with Crippen molar-refractivity contribution < 1.29 is 13.7 Å². The first-order valence-electron chi connectivity index (χ1n) is 9.16. The van der Waals surface area contributed by atoms with Crippen molar-refractivity contribution in [2.75, 3.05) is 5.32 Å². The van der Waals surface area contributed by atoms with Gasteiger partial charge in [-0.25, -0.2) is 4.39 Å². The van der Waals surface area contributed by atoms with Gasteiger partial charge < -0.3 is 9.84 Å². The lowest BCUT2D eigenvalue weighted by atomic mass is 10.2. The average molecular weight is 404 g/mol. The molecule has 0 aliphatic rings. The van der Waals surface area contributed by atoms with Crippen LogP contribution in [0.1, 0.15) is 5.56 Å². The fraction of sp³-hybridized carbons (Fsp3) is 0.0909. The molecule has 1 amide bonds. The number of anilines is 1. The normalized spacial score (nSPS) is 10.7. The van der Waals surface area contributed by atoms with E-state index in [0.717, 1.165) is 5.56 Å². The molecule has 0 aliphatic heterocycles. The Kier molecular flexibility index (Phi) is 5.21. The van der Waals surface area contributed by atoms with Crippen LogP contribution in [0, 0.1) is 12.7 Å². The lowest BCUT2D eigenvalue weighted by Gasteiger charge is -2.10. The quantitative estimate of drug-likeness (QED) is 0.548. The van der Waals surface area contributed by atoms with Crippen LogP contribution in [0.5, 0.6) is 0 Å². The summed E-state index contributed by atoms with van der Waals surface area (Å²) in [4.78, 5) is 29.2. The number of aryl methyl sites for hydroxylation is 1. The molecule has 0 spiro atoms. The van der Waals surface area contributed by atoms with Crippen molar-refractivity contribution in [3.63, 3.8) is 0 Å². The third-order valence-corrected chi connectivity index (χ3v) is 4.38. The molecule has 0 saturated carbocycles. The van der Waals surface area contributed by atoms with Crippen molar-refractivity contribution in [3.8, 4) is 23.0 Å². The zero-order chi connectivity index (χ0) is 21.1. The molecular weight excluding hydrogens is 387 g/mol. The Hall–Kier alpha value is -4.07. The lowest BCUT2D eigenvalue weighted by Crippen LogP contribution is -2.28. The van der Waals surface area contributed by atoms with Gasteiger partial charge in [-0.05, 0) is 42.8 Å². The van der Waals surface area contributed by atoms with E-state index in [1.807, 2.05) is 25.1 Å². The monoisotopic (exact) mass is 404 g/mol. The van der Waals surface area contributed by atoms with Crippen molar-refractivity contribution in [1.29, 1.82) is 0 Å². The fourth-order valence-electron chi connectivity index (χ4n) is 3.01. The van der Waals surface area contributed by atoms with Crippen LogP contribution >= 0.6 is 0 Å². The van der Waals surface area contributed by atoms with Crippen molar-refractivity contribution in [2.45, 2.75) is 13.5 Å². The number of carbonyl (C=O) groups is 1. The molecule has 1 N–H and O–H groups in total. The van der Waals surface area contributed by atoms with Crippen LogP contribution < -0.4 is 10.9 Å². The Morgan fingerprint density at radius 2 is 1.90 bits per heavy atom. The van der Waals surface area contributed by atoms with E-state index in [0.29, 0.717) is 11.3 Å². The number of rotatable bonds is 5. The fourth-order valence-corrected chi connectivity index (χ4v) is 3.01. The van der Waals surface area contributed by atoms with Crippen LogP contribution in [0.3, 0.4) is 0 Å². The molecule has 2 aromatic heterocycles. The molecule has 150 valence electrons. The minimum absolute atomic E-state index is 0.0512. The number of nitrogens with one attached hydrogen (secondary N) is 1. The summed E-state index contributed by atoms with van der Waals surface area (Å²) in [5.74, 6) is -0.574.